The number of carboxylic acids is 1. The molecule has 41 heavy (non-hydrogen) atoms. The van der Waals surface area contributed by atoms with Crippen LogP contribution in [0.2, 0.25) is 0 Å². The van der Waals surface area contributed by atoms with Crippen LogP contribution in [0.3, 0.4) is 0 Å². The number of carbonyl (C=O) groups excluding carboxylic acids is 1. The van der Waals surface area contributed by atoms with Crippen molar-refractivity contribution in [3.05, 3.63) is 88.9 Å². The Hall–Kier alpha value is -4.64. The lowest BCUT2D eigenvalue weighted by Gasteiger charge is -2.20. The van der Waals surface area contributed by atoms with Gasteiger partial charge in [0.05, 0.1) is 37.5 Å². The minimum atomic E-state index is -1.64. The molecule has 1 atom stereocenters. The number of aromatic nitrogens is 1. The van der Waals surface area contributed by atoms with Gasteiger partial charge in [0.2, 0.25) is 0 Å². The molecule has 0 fully saturated rings. The van der Waals surface area contributed by atoms with Gasteiger partial charge >= 0.3 is 5.97 Å². The Kier molecular flexibility index (Phi) is 9.08. The predicted molar refractivity (Wildman–Crippen MR) is 145 cm³/mol. The molecule has 1 heterocycles. The summed E-state index contributed by atoms with van der Waals surface area (Å²) >= 11 is 0. The maximum atomic E-state index is 16.0. The van der Waals surface area contributed by atoms with Crippen molar-refractivity contribution in [2.24, 2.45) is 0 Å². The van der Waals surface area contributed by atoms with E-state index in [2.05, 4.69) is 10.3 Å². The Morgan fingerprint density at radius 1 is 0.951 bits per heavy atom. The van der Waals surface area contributed by atoms with Crippen molar-refractivity contribution in [2.45, 2.75) is 26.0 Å². The number of methoxy groups -OCH3 is 2. The van der Waals surface area contributed by atoms with Crippen LogP contribution in [0.4, 0.5) is 13.2 Å². The van der Waals surface area contributed by atoms with E-state index in [1.165, 1.54) is 20.4 Å². The Morgan fingerprint density at radius 3 is 2.20 bits per heavy atom. The smallest absolute Gasteiger partial charge is 0.326 e. The number of fused-ring (bicyclic) bond motifs is 1. The molecule has 214 valence electrons. The second-order valence-electron chi connectivity index (χ2n) is 8.97. The van der Waals surface area contributed by atoms with Crippen molar-refractivity contribution >= 4 is 22.8 Å². The minimum absolute atomic E-state index is 0.0605. The number of halogens is 3. The highest BCUT2D eigenvalue weighted by Crippen LogP contribution is 2.44. The predicted octanol–water partition coefficient (Wildman–Crippen LogP) is 5.30. The summed E-state index contributed by atoms with van der Waals surface area (Å²) in [5.74, 6) is -5.17. The highest BCUT2D eigenvalue weighted by Gasteiger charge is 2.28. The molecule has 0 aliphatic carbocycles. The van der Waals surface area contributed by atoms with Crippen LogP contribution >= 0.6 is 0 Å². The van der Waals surface area contributed by atoms with Crippen molar-refractivity contribution in [3.8, 4) is 22.6 Å². The molecule has 4 aromatic rings. The molecule has 8 nitrogen and oxygen atoms in total. The van der Waals surface area contributed by atoms with Gasteiger partial charge in [0, 0.05) is 24.6 Å². The van der Waals surface area contributed by atoms with E-state index >= 15 is 4.39 Å². The summed E-state index contributed by atoms with van der Waals surface area (Å²) in [4.78, 5) is 29.1. The van der Waals surface area contributed by atoms with Gasteiger partial charge in [-0.3, -0.25) is 9.78 Å². The lowest BCUT2D eigenvalue weighted by atomic mass is 9.93. The molecular weight excluding hydrogens is 541 g/mol. The molecular formula is C30H27F3N2O6. The molecule has 0 saturated carbocycles. The maximum Gasteiger partial charge on any atom is 0.326 e. The van der Waals surface area contributed by atoms with Gasteiger partial charge in [-0.25, -0.2) is 18.0 Å². The van der Waals surface area contributed by atoms with Crippen LogP contribution in [0.15, 0.2) is 54.7 Å². The zero-order valence-corrected chi connectivity index (χ0v) is 22.5. The summed E-state index contributed by atoms with van der Waals surface area (Å²) in [7, 11) is 2.87. The highest BCUT2D eigenvalue weighted by molar-refractivity contribution is 6.00. The van der Waals surface area contributed by atoms with Gasteiger partial charge in [0.15, 0.2) is 0 Å². The van der Waals surface area contributed by atoms with Gasteiger partial charge in [-0.2, -0.15) is 0 Å². The van der Waals surface area contributed by atoms with Crippen LogP contribution < -0.4 is 14.8 Å². The first-order valence-electron chi connectivity index (χ1n) is 12.6. The number of carbonyl (C=O) groups is 2. The van der Waals surface area contributed by atoms with E-state index < -0.39 is 47.4 Å². The van der Waals surface area contributed by atoms with E-state index in [-0.39, 0.29) is 23.3 Å². The molecule has 0 bridgehead atoms. The molecule has 2 N–H and O–H groups in total. The normalized spacial score (nSPS) is 11.8. The van der Waals surface area contributed by atoms with Crippen molar-refractivity contribution in [2.75, 3.05) is 20.8 Å². The monoisotopic (exact) mass is 568 g/mol. The zero-order valence-electron chi connectivity index (χ0n) is 22.5. The molecule has 11 heteroatoms. The van der Waals surface area contributed by atoms with Crippen LogP contribution in [0, 0.1) is 17.5 Å². The molecule has 0 saturated heterocycles. The van der Waals surface area contributed by atoms with Gasteiger partial charge < -0.3 is 24.6 Å². The number of carboxylic acid groups (broad SMARTS) is 1. The van der Waals surface area contributed by atoms with E-state index in [1.807, 2.05) is 6.92 Å². The van der Waals surface area contributed by atoms with Crippen molar-refractivity contribution < 1.29 is 42.1 Å². The van der Waals surface area contributed by atoms with Gasteiger partial charge in [-0.15, -0.1) is 0 Å². The third kappa shape index (κ3) is 6.09. The molecule has 0 radical (unpaired) electrons. The number of nitrogens with one attached hydrogen (secondary N) is 1. The number of benzene rings is 3. The van der Waals surface area contributed by atoms with Crippen LogP contribution in [-0.4, -0.2) is 48.8 Å². The number of ether oxygens (including phenoxy) is 3. The van der Waals surface area contributed by atoms with E-state index in [4.69, 9.17) is 14.2 Å². The van der Waals surface area contributed by atoms with E-state index in [0.29, 0.717) is 29.1 Å². The summed E-state index contributed by atoms with van der Waals surface area (Å²) in [6.45, 7) is 2.63. The topological polar surface area (TPSA) is 107 Å². The minimum Gasteiger partial charge on any atom is -0.496 e. The molecule has 0 aliphatic rings. The Morgan fingerprint density at radius 2 is 1.61 bits per heavy atom. The standard InChI is InChI=1S/C30H27F3N2O6/c1-4-41-15-16-11-23(39-2)27(24(12-16)40-3)26-21(33)13-17(18-7-6-10-34-28(18)26)14-22(30(37)38)35-29(36)25-19(31)8-5-9-20(25)32/h5-13,22H,4,14-15H2,1-3H3,(H,35,36)(H,37,38)/t22-/m0/s1. The number of aliphatic carboxylic acids is 1. The third-order valence-electron chi connectivity index (χ3n) is 6.44. The van der Waals surface area contributed by atoms with Crippen molar-refractivity contribution in [1.29, 1.82) is 0 Å². The number of hydrogen-bond donors (Lipinski definition) is 2. The SMILES string of the molecule is CCOCc1cc(OC)c(-c2c(F)cc(C[C@H](NC(=O)c3c(F)cccc3F)C(=O)O)c3cccnc23)c(OC)c1. The molecule has 3 aromatic carbocycles. The first-order valence-corrected chi connectivity index (χ1v) is 12.6. The maximum absolute atomic E-state index is 16.0. The van der Waals surface area contributed by atoms with E-state index in [1.54, 1.807) is 24.3 Å². The average Bonchev–Trinajstić information content (AvgIpc) is 2.95. The summed E-state index contributed by atoms with van der Waals surface area (Å²) in [5, 5.41) is 12.3. The largest absolute Gasteiger partial charge is 0.496 e. The van der Waals surface area contributed by atoms with Crippen LogP contribution in [0.25, 0.3) is 22.0 Å². The van der Waals surface area contributed by atoms with Gasteiger partial charge in [0.1, 0.15) is 40.6 Å². The summed E-state index contributed by atoms with van der Waals surface area (Å²) in [6, 6.07) is 8.96. The fraction of sp³-hybridized carbons (Fsp3) is 0.233. The lowest BCUT2D eigenvalue weighted by molar-refractivity contribution is -0.139. The number of rotatable bonds is 11. The van der Waals surface area contributed by atoms with Crippen molar-refractivity contribution in [1.82, 2.24) is 10.3 Å². The molecule has 0 spiro atoms. The second-order valence-corrected chi connectivity index (χ2v) is 8.97. The van der Waals surface area contributed by atoms with Gasteiger partial charge in [0.25, 0.3) is 5.91 Å². The van der Waals surface area contributed by atoms with Gasteiger partial charge in [-0.05, 0) is 54.4 Å². The summed E-state index contributed by atoms with van der Waals surface area (Å²) in [5.41, 5.74) is 0.560. The van der Waals surface area contributed by atoms with E-state index in [0.717, 1.165) is 29.8 Å². The second kappa shape index (κ2) is 12.7. The lowest BCUT2D eigenvalue weighted by Crippen LogP contribution is -2.43. The molecule has 1 amide bonds. The quantitative estimate of drug-likeness (QED) is 0.253. The Bertz CT molecular complexity index is 1570. The number of hydrogen-bond acceptors (Lipinski definition) is 6. The average molecular weight is 569 g/mol. The number of nitrogens with zero attached hydrogens (tertiary/aromatic N) is 1. The van der Waals surface area contributed by atoms with Crippen LogP contribution in [0.1, 0.15) is 28.4 Å². The van der Waals surface area contributed by atoms with E-state index in [9.17, 15) is 23.5 Å². The van der Waals surface area contributed by atoms with Crippen LogP contribution in [0.5, 0.6) is 11.5 Å². The first-order chi connectivity index (χ1) is 19.7. The molecule has 0 unspecified atom stereocenters. The third-order valence-corrected chi connectivity index (χ3v) is 6.44. The molecule has 1 aromatic heterocycles. The number of pyridine rings is 1. The summed E-state index contributed by atoms with van der Waals surface area (Å²) < 4.78 is 60.9. The fourth-order valence-electron chi connectivity index (χ4n) is 4.57. The van der Waals surface area contributed by atoms with Crippen molar-refractivity contribution in [3.63, 3.8) is 0 Å². The zero-order chi connectivity index (χ0) is 29.7. The van der Waals surface area contributed by atoms with Gasteiger partial charge in [-0.1, -0.05) is 12.1 Å². The first kappa shape index (κ1) is 29.3. The van der Waals surface area contributed by atoms with Crippen LogP contribution in [-0.2, 0) is 22.6 Å². The highest BCUT2D eigenvalue weighted by atomic mass is 19.1. The molecule has 0 aliphatic heterocycles. The fourth-order valence-corrected chi connectivity index (χ4v) is 4.57. The number of amides is 1. The molecule has 4 rings (SSSR count). The Balaban J connectivity index is 1.80. The summed E-state index contributed by atoms with van der Waals surface area (Å²) in [6.07, 6.45) is 1.05. The Labute approximate surface area is 233 Å².